The van der Waals surface area contributed by atoms with E-state index in [0.29, 0.717) is 23.7 Å². The van der Waals surface area contributed by atoms with E-state index in [9.17, 15) is 4.79 Å². The van der Waals surface area contributed by atoms with Crippen LogP contribution in [0.1, 0.15) is 17.3 Å². The third-order valence-corrected chi connectivity index (χ3v) is 3.49. The van der Waals surface area contributed by atoms with Gasteiger partial charge in [-0.05, 0) is 31.2 Å². The predicted molar refractivity (Wildman–Crippen MR) is 82.0 cm³/mol. The molecule has 0 aliphatic rings. The maximum Gasteiger partial charge on any atom is 0.249 e. The van der Waals surface area contributed by atoms with Gasteiger partial charge in [0.15, 0.2) is 11.5 Å². The first kappa shape index (κ1) is 13.3. The summed E-state index contributed by atoms with van der Waals surface area (Å²) in [6.07, 6.45) is 0. The van der Waals surface area contributed by atoms with Crippen molar-refractivity contribution in [2.24, 2.45) is 5.73 Å². The number of methoxy groups -OCH3 is 1. The van der Waals surface area contributed by atoms with E-state index in [-0.39, 0.29) is 0 Å². The molecule has 0 atom stereocenters. The topological polar surface area (TPSA) is 77.3 Å². The number of aromatic amines is 1. The highest BCUT2D eigenvalue weighted by molar-refractivity contribution is 6.18. The molecule has 3 N–H and O–H groups in total. The van der Waals surface area contributed by atoms with Crippen LogP contribution in [0.3, 0.4) is 0 Å². The summed E-state index contributed by atoms with van der Waals surface area (Å²) >= 11 is 0. The molecule has 5 heteroatoms. The summed E-state index contributed by atoms with van der Waals surface area (Å²) in [6.45, 7) is 2.43. The van der Waals surface area contributed by atoms with E-state index in [4.69, 9.17) is 15.2 Å². The van der Waals surface area contributed by atoms with Gasteiger partial charge in [-0.1, -0.05) is 6.07 Å². The molecule has 0 unspecified atom stereocenters. The van der Waals surface area contributed by atoms with Crippen LogP contribution in [0.2, 0.25) is 0 Å². The molecule has 0 fully saturated rings. The van der Waals surface area contributed by atoms with Crippen molar-refractivity contribution in [1.29, 1.82) is 0 Å². The Morgan fingerprint density at radius 1 is 1.29 bits per heavy atom. The van der Waals surface area contributed by atoms with Gasteiger partial charge in [-0.25, -0.2) is 0 Å². The van der Waals surface area contributed by atoms with Gasteiger partial charge in [0.2, 0.25) is 5.91 Å². The van der Waals surface area contributed by atoms with Gasteiger partial charge in [-0.2, -0.15) is 0 Å². The second-order valence-electron chi connectivity index (χ2n) is 4.67. The van der Waals surface area contributed by atoms with Crippen LogP contribution in [0, 0.1) is 0 Å². The summed E-state index contributed by atoms with van der Waals surface area (Å²) in [5, 5.41) is 1.70. The van der Waals surface area contributed by atoms with Crippen molar-refractivity contribution in [2.45, 2.75) is 6.92 Å². The first-order chi connectivity index (χ1) is 10.2. The van der Waals surface area contributed by atoms with Gasteiger partial charge in [0.1, 0.15) is 0 Å². The highest BCUT2D eigenvalue weighted by atomic mass is 16.5. The molecule has 1 amide bonds. The number of ether oxygens (including phenoxy) is 2. The Labute approximate surface area is 121 Å². The van der Waals surface area contributed by atoms with E-state index < -0.39 is 5.91 Å². The molecule has 1 heterocycles. The number of hydrogen-bond acceptors (Lipinski definition) is 3. The molecular formula is C16H16N2O3. The molecule has 3 aromatic rings. The molecule has 0 spiro atoms. The van der Waals surface area contributed by atoms with E-state index in [0.717, 1.165) is 21.8 Å². The van der Waals surface area contributed by atoms with Gasteiger partial charge in [0.05, 0.1) is 19.2 Å². The van der Waals surface area contributed by atoms with Crippen molar-refractivity contribution in [3.05, 3.63) is 35.9 Å². The summed E-state index contributed by atoms with van der Waals surface area (Å²) in [6, 6.07) is 9.17. The first-order valence-corrected chi connectivity index (χ1v) is 6.71. The number of H-pyrrole nitrogens is 1. The second kappa shape index (κ2) is 5.01. The van der Waals surface area contributed by atoms with Crippen molar-refractivity contribution in [2.75, 3.05) is 13.7 Å². The van der Waals surface area contributed by atoms with Crippen molar-refractivity contribution in [3.8, 4) is 11.5 Å². The Bertz CT molecular complexity index is 836. The molecule has 2 aromatic carbocycles. The largest absolute Gasteiger partial charge is 0.493 e. The average Bonchev–Trinajstić information content (AvgIpc) is 2.86. The van der Waals surface area contributed by atoms with Gasteiger partial charge in [0, 0.05) is 21.9 Å². The van der Waals surface area contributed by atoms with E-state index in [1.54, 1.807) is 19.2 Å². The maximum absolute atomic E-state index is 11.6. The fourth-order valence-corrected chi connectivity index (χ4v) is 2.63. The number of benzene rings is 2. The Morgan fingerprint density at radius 3 is 2.76 bits per heavy atom. The zero-order chi connectivity index (χ0) is 15.0. The lowest BCUT2D eigenvalue weighted by molar-refractivity contribution is 0.100. The molecular weight excluding hydrogens is 268 g/mol. The van der Waals surface area contributed by atoms with Crippen LogP contribution in [0.15, 0.2) is 30.3 Å². The zero-order valence-corrected chi connectivity index (χ0v) is 11.9. The lowest BCUT2D eigenvalue weighted by Gasteiger charge is -2.10. The van der Waals surface area contributed by atoms with Crippen LogP contribution in [0.4, 0.5) is 0 Å². The molecule has 0 radical (unpaired) electrons. The van der Waals surface area contributed by atoms with Gasteiger partial charge < -0.3 is 20.2 Å². The van der Waals surface area contributed by atoms with Gasteiger partial charge in [-0.15, -0.1) is 0 Å². The molecule has 1 aromatic heterocycles. The standard InChI is InChI=1S/C16H16N2O3/c1-3-21-15-12(20-2)8-7-9-13-10(16(17)19)5-4-6-11(13)18-14(9)15/h4-8,18H,3H2,1-2H3,(H2,17,19). The zero-order valence-electron chi connectivity index (χ0n) is 11.9. The van der Waals surface area contributed by atoms with Gasteiger partial charge in [0.25, 0.3) is 0 Å². The normalized spacial score (nSPS) is 11.0. The van der Waals surface area contributed by atoms with Gasteiger partial charge in [-0.3, -0.25) is 4.79 Å². The minimum absolute atomic E-state index is 0.449. The first-order valence-electron chi connectivity index (χ1n) is 6.71. The quantitative estimate of drug-likeness (QED) is 0.773. The number of hydrogen-bond donors (Lipinski definition) is 2. The van der Waals surface area contributed by atoms with Crippen LogP contribution in [0.5, 0.6) is 11.5 Å². The Hall–Kier alpha value is -2.69. The molecule has 0 saturated heterocycles. The van der Waals surface area contributed by atoms with Crippen molar-refractivity contribution in [3.63, 3.8) is 0 Å². The van der Waals surface area contributed by atoms with E-state index in [1.165, 1.54) is 0 Å². The van der Waals surface area contributed by atoms with Gasteiger partial charge >= 0.3 is 0 Å². The predicted octanol–water partition coefficient (Wildman–Crippen LogP) is 2.83. The molecule has 5 nitrogen and oxygen atoms in total. The Balaban J connectivity index is 2.44. The number of aromatic nitrogens is 1. The van der Waals surface area contributed by atoms with Crippen LogP contribution in [-0.2, 0) is 0 Å². The molecule has 108 valence electrons. The molecule has 21 heavy (non-hydrogen) atoms. The summed E-state index contributed by atoms with van der Waals surface area (Å²) in [7, 11) is 1.60. The number of primary amides is 1. The minimum Gasteiger partial charge on any atom is -0.493 e. The number of carbonyl (C=O) groups excluding carboxylic acids is 1. The molecule has 0 aliphatic carbocycles. The second-order valence-corrected chi connectivity index (χ2v) is 4.67. The minimum atomic E-state index is -0.449. The van der Waals surface area contributed by atoms with Crippen molar-refractivity contribution < 1.29 is 14.3 Å². The van der Waals surface area contributed by atoms with Crippen LogP contribution >= 0.6 is 0 Å². The number of nitrogens with two attached hydrogens (primary N) is 1. The summed E-state index contributed by atoms with van der Waals surface area (Å²) in [4.78, 5) is 14.9. The number of carbonyl (C=O) groups is 1. The van der Waals surface area contributed by atoms with Crippen LogP contribution < -0.4 is 15.2 Å². The molecule has 0 bridgehead atoms. The number of fused-ring (bicyclic) bond motifs is 3. The van der Waals surface area contributed by atoms with Crippen molar-refractivity contribution >= 4 is 27.7 Å². The molecule has 3 rings (SSSR count). The number of rotatable bonds is 4. The Morgan fingerprint density at radius 2 is 2.10 bits per heavy atom. The molecule has 0 saturated carbocycles. The summed E-state index contributed by atoms with van der Waals surface area (Å²) in [5.41, 5.74) is 7.61. The van der Waals surface area contributed by atoms with Crippen molar-refractivity contribution in [1.82, 2.24) is 4.98 Å². The lowest BCUT2D eigenvalue weighted by atomic mass is 10.1. The average molecular weight is 284 g/mol. The smallest absolute Gasteiger partial charge is 0.249 e. The monoisotopic (exact) mass is 284 g/mol. The Kier molecular flexibility index (Phi) is 3.17. The summed E-state index contributed by atoms with van der Waals surface area (Å²) in [5.74, 6) is 0.843. The highest BCUT2D eigenvalue weighted by Gasteiger charge is 2.17. The third-order valence-electron chi connectivity index (χ3n) is 3.49. The van der Waals surface area contributed by atoms with E-state index >= 15 is 0 Å². The van der Waals surface area contributed by atoms with Crippen LogP contribution in [0.25, 0.3) is 21.8 Å². The SMILES string of the molecule is CCOc1c(OC)ccc2c1[nH]c1cccc(C(N)=O)c12. The fourth-order valence-electron chi connectivity index (χ4n) is 2.63. The number of nitrogens with one attached hydrogen (secondary N) is 1. The van der Waals surface area contributed by atoms with E-state index in [2.05, 4.69) is 4.98 Å². The molecule has 0 aliphatic heterocycles. The third kappa shape index (κ3) is 1.98. The highest BCUT2D eigenvalue weighted by Crippen LogP contribution is 2.39. The number of amides is 1. The lowest BCUT2D eigenvalue weighted by Crippen LogP contribution is -2.10. The fraction of sp³-hybridized carbons (Fsp3) is 0.188. The summed E-state index contributed by atoms with van der Waals surface area (Å²) < 4.78 is 11.0. The van der Waals surface area contributed by atoms with Crippen LogP contribution in [-0.4, -0.2) is 24.6 Å². The van der Waals surface area contributed by atoms with E-state index in [1.807, 2.05) is 25.1 Å². The maximum atomic E-state index is 11.6.